The summed E-state index contributed by atoms with van der Waals surface area (Å²) in [5.41, 5.74) is 0.973. The molecule has 0 aromatic heterocycles. The summed E-state index contributed by atoms with van der Waals surface area (Å²) >= 11 is 0. The van der Waals surface area contributed by atoms with E-state index in [4.69, 9.17) is 0 Å². The van der Waals surface area contributed by atoms with Crippen LogP contribution in [0.2, 0.25) is 0 Å². The highest BCUT2D eigenvalue weighted by atomic mass is 32.2. The van der Waals surface area contributed by atoms with E-state index < -0.39 is 14.9 Å². The van der Waals surface area contributed by atoms with Crippen LogP contribution in [-0.4, -0.2) is 61.7 Å². The van der Waals surface area contributed by atoms with Crippen LogP contribution in [0.25, 0.3) is 0 Å². The van der Waals surface area contributed by atoms with Crippen molar-refractivity contribution in [2.45, 2.75) is 11.4 Å². The molecule has 0 saturated carbocycles. The summed E-state index contributed by atoms with van der Waals surface area (Å²) in [6.07, 6.45) is 0. The topological polar surface area (TPSA) is 113 Å². The standard InChI is InChI=1S/C19H22N4O5S/c1-21-10-12-22(13-11-21)29(27,28)18-8-2-15(3-9-18)14-20-19(24)16-4-6-17(7-5-16)23(25)26/h2-9H,10-14H2,1H3,(H,20,24). The second-order valence-corrected chi connectivity index (χ2v) is 8.78. The number of hydrogen-bond acceptors (Lipinski definition) is 6. The Morgan fingerprint density at radius 1 is 1.03 bits per heavy atom. The Morgan fingerprint density at radius 2 is 1.62 bits per heavy atom. The number of likely N-dealkylation sites (N-methyl/N-ethyl adjacent to an activating group) is 1. The summed E-state index contributed by atoms with van der Waals surface area (Å²) in [5.74, 6) is -0.367. The van der Waals surface area contributed by atoms with Gasteiger partial charge in [0.25, 0.3) is 11.6 Å². The van der Waals surface area contributed by atoms with Crippen LogP contribution in [-0.2, 0) is 16.6 Å². The van der Waals surface area contributed by atoms with Crippen LogP contribution in [0.5, 0.6) is 0 Å². The van der Waals surface area contributed by atoms with Crippen molar-refractivity contribution in [2.75, 3.05) is 33.2 Å². The molecule has 154 valence electrons. The smallest absolute Gasteiger partial charge is 0.269 e. The van der Waals surface area contributed by atoms with Gasteiger partial charge in [0.2, 0.25) is 10.0 Å². The number of piperazine rings is 1. The zero-order chi connectivity index (χ0) is 21.0. The van der Waals surface area contributed by atoms with Crippen LogP contribution in [0, 0.1) is 10.1 Å². The Kier molecular flexibility index (Phi) is 6.26. The van der Waals surface area contributed by atoms with Gasteiger partial charge in [-0.1, -0.05) is 12.1 Å². The van der Waals surface area contributed by atoms with Gasteiger partial charge >= 0.3 is 0 Å². The number of amides is 1. The second kappa shape index (κ2) is 8.68. The van der Waals surface area contributed by atoms with Gasteiger partial charge in [-0.3, -0.25) is 14.9 Å². The van der Waals surface area contributed by atoms with Gasteiger partial charge in [0.05, 0.1) is 9.82 Å². The van der Waals surface area contributed by atoms with E-state index in [1.54, 1.807) is 24.3 Å². The number of carbonyl (C=O) groups is 1. The summed E-state index contributed by atoms with van der Waals surface area (Å²) in [7, 11) is -1.56. The molecule has 9 nitrogen and oxygen atoms in total. The van der Waals surface area contributed by atoms with Gasteiger partial charge in [-0.2, -0.15) is 4.31 Å². The fourth-order valence-corrected chi connectivity index (χ4v) is 4.40. The van der Waals surface area contributed by atoms with E-state index in [9.17, 15) is 23.3 Å². The Bertz CT molecular complexity index is 982. The van der Waals surface area contributed by atoms with Crippen molar-refractivity contribution in [2.24, 2.45) is 0 Å². The zero-order valence-electron chi connectivity index (χ0n) is 15.9. The molecule has 0 radical (unpaired) electrons. The molecular weight excluding hydrogens is 396 g/mol. The van der Waals surface area contributed by atoms with Gasteiger partial charge in [-0.25, -0.2) is 8.42 Å². The van der Waals surface area contributed by atoms with Crippen LogP contribution < -0.4 is 5.32 Å². The highest BCUT2D eigenvalue weighted by molar-refractivity contribution is 7.89. The lowest BCUT2D eigenvalue weighted by Crippen LogP contribution is -2.47. The van der Waals surface area contributed by atoms with Crippen LogP contribution in [0.1, 0.15) is 15.9 Å². The summed E-state index contributed by atoms with van der Waals surface area (Å²) in [6, 6.07) is 11.7. The predicted octanol–water partition coefficient (Wildman–Crippen LogP) is 1.46. The van der Waals surface area contributed by atoms with Crippen LogP contribution >= 0.6 is 0 Å². The molecular formula is C19H22N4O5S. The first kappa shape index (κ1) is 20.9. The maximum atomic E-state index is 12.7. The normalized spacial score (nSPS) is 15.8. The maximum absolute atomic E-state index is 12.7. The fourth-order valence-electron chi connectivity index (χ4n) is 2.98. The van der Waals surface area contributed by atoms with Gasteiger partial charge in [-0.05, 0) is 36.9 Å². The van der Waals surface area contributed by atoms with E-state index in [0.717, 1.165) is 5.56 Å². The molecule has 0 bridgehead atoms. The minimum atomic E-state index is -3.52. The quantitative estimate of drug-likeness (QED) is 0.561. The van der Waals surface area contributed by atoms with E-state index in [1.165, 1.54) is 28.6 Å². The van der Waals surface area contributed by atoms with E-state index in [0.29, 0.717) is 31.7 Å². The predicted molar refractivity (Wildman–Crippen MR) is 107 cm³/mol. The molecule has 0 atom stereocenters. The summed E-state index contributed by atoms with van der Waals surface area (Å²) in [6.45, 7) is 2.54. The molecule has 2 aromatic carbocycles. The monoisotopic (exact) mass is 418 g/mol. The molecule has 0 aliphatic carbocycles. The molecule has 1 aliphatic heterocycles. The molecule has 2 aromatic rings. The number of nitro groups is 1. The number of rotatable bonds is 6. The molecule has 0 unspecified atom stereocenters. The molecule has 3 rings (SSSR count). The van der Waals surface area contributed by atoms with E-state index in [2.05, 4.69) is 10.2 Å². The third-order valence-electron chi connectivity index (χ3n) is 4.82. The van der Waals surface area contributed by atoms with Crippen LogP contribution in [0.3, 0.4) is 0 Å². The number of nitrogens with zero attached hydrogens (tertiary/aromatic N) is 3. The minimum absolute atomic E-state index is 0.0845. The fraction of sp³-hybridized carbons (Fsp3) is 0.316. The van der Waals surface area contributed by atoms with E-state index >= 15 is 0 Å². The third-order valence-corrected chi connectivity index (χ3v) is 6.73. The van der Waals surface area contributed by atoms with Gasteiger partial charge in [0.15, 0.2) is 0 Å². The Labute approximate surface area is 169 Å². The molecule has 1 N–H and O–H groups in total. The SMILES string of the molecule is CN1CCN(S(=O)(=O)c2ccc(CNC(=O)c3ccc([N+](=O)[O-])cc3)cc2)CC1. The molecule has 10 heteroatoms. The maximum Gasteiger partial charge on any atom is 0.269 e. The molecule has 1 saturated heterocycles. The minimum Gasteiger partial charge on any atom is -0.348 e. The Hall–Kier alpha value is -2.82. The van der Waals surface area contributed by atoms with Gasteiger partial charge in [0, 0.05) is 50.4 Å². The average Bonchev–Trinajstić information content (AvgIpc) is 2.72. The lowest BCUT2D eigenvalue weighted by Gasteiger charge is -2.31. The van der Waals surface area contributed by atoms with Crippen molar-refractivity contribution < 1.29 is 18.1 Å². The van der Waals surface area contributed by atoms with Crippen molar-refractivity contribution >= 4 is 21.6 Å². The third kappa shape index (κ3) is 4.97. The molecule has 1 amide bonds. The van der Waals surface area contributed by atoms with Crippen molar-refractivity contribution in [1.29, 1.82) is 0 Å². The van der Waals surface area contributed by atoms with Gasteiger partial charge in [0.1, 0.15) is 0 Å². The number of carbonyl (C=O) groups excluding carboxylic acids is 1. The average molecular weight is 418 g/mol. The molecule has 1 fully saturated rings. The molecule has 0 spiro atoms. The lowest BCUT2D eigenvalue weighted by molar-refractivity contribution is -0.384. The Balaban J connectivity index is 1.60. The Morgan fingerprint density at radius 3 is 2.17 bits per heavy atom. The number of sulfonamides is 1. The van der Waals surface area contributed by atoms with Crippen molar-refractivity contribution in [3.63, 3.8) is 0 Å². The van der Waals surface area contributed by atoms with Crippen molar-refractivity contribution in [1.82, 2.24) is 14.5 Å². The zero-order valence-corrected chi connectivity index (χ0v) is 16.8. The molecule has 1 aliphatic rings. The summed E-state index contributed by atoms with van der Waals surface area (Å²) < 4.78 is 26.9. The van der Waals surface area contributed by atoms with E-state index in [1.807, 2.05) is 7.05 Å². The van der Waals surface area contributed by atoms with Crippen LogP contribution in [0.4, 0.5) is 5.69 Å². The first-order valence-corrected chi connectivity index (χ1v) is 10.5. The van der Waals surface area contributed by atoms with Crippen molar-refractivity contribution in [3.8, 4) is 0 Å². The number of hydrogen-bond donors (Lipinski definition) is 1. The summed E-state index contributed by atoms with van der Waals surface area (Å²) in [5, 5.41) is 13.4. The second-order valence-electron chi connectivity index (χ2n) is 6.84. The van der Waals surface area contributed by atoms with Gasteiger partial charge in [-0.15, -0.1) is 0 Å². The van der Waals surface area contributed by atoms with Crippen LogP contribution in [0.15, 0.2) is 53.4 Å². The summed E-state index contributed by atoms with van der Waals surface area (Å²) in [4.78, 5) is 24.6. The number of nitro benzene ring substituents is 1. The first-order chi connectivity index (χ1) is 13.8. The number of nitrogens with one attached hydrogen (secondary N) is 1. The number of non-ortho nitro benzene ring substituents is 1. The van der Waals surface area contributed by atoms with Crippen molar-refractivity contribution in [3.05, 3.63) is 69.8 Å². The highest BCUT2D eigenvalue weighted by Crippen LogP contribution is 2.18. The lowest BCUT2D eigenvalue weighted by atomic mass is 10.2. The molecule has 1 heterocycles. The largest absolute Gasteiger partial charge is 0.348 e. The van der Waals surface area contributed by atoms with Gasteiger partial charge < -0.3 is 10.2 Å². The number of benzene rings is 2. The first-order valence-electron chi connectivity index (χ1n) is 9.07. The highest BCUT2D eigenvalue weighted by Gasteiger charge is 2.27. The molecule has 29 heavy (non-hydrogen) atoms. The van der Waals surface area contributed by atoms with E-state index in [-0.39, 0.29) is 23.0 Å².